The van der Waals surface area contributed by atoms with Crippen LogP contribution in [0.15, 0.2) is 24.3 Å². The minimum Gasteiger partial charge on any atom is -0.544 e. The third-order valence-corrected chi connectivity index (χ3v) is 9.95. The standard InChI is InChI=1S/C20H32N2O4Si/c1-20(2,3)27(4,5)26-16-12-10-15(11-13-16)18(23)21-17-9-7-6-8-14-22(17)19(24)25/h10-13,17H,6-9,14H2,1-5H3,(H,21,23)(H,24,25). The lowest BCUT2D eigenvalue weighted by Gasteiger charge is -2.36. The Bertz CT molecular complexity index is 668. The van der Waals surface area contributed by atoms with Crippen molar-refractivity contribution in [3.05, 3.63) is 29.8 Å². The van der Waals surface area contributed by atoms with Crippen LogP contribution in [0, 0.1) is 0 Å². The zero-order valence-electron chi connectivity index (χ0n) is 17.0. The molecule has 0 saturated carbocycles. The second kappa shape index (κ2) is 8.33. The Morgan fingerprint density at radius 1 is 1.15 bits per heavy atom. The fourth-order valence-electron chi connectivity index (χ4n) is 2.84. The van der Waals surface area contributed by atoms with Crippen LogP contribution in [-0.2, 0) is 0 Å². The molecular formula is C20H32N2O4Si. The van der Waals surface area contributed by atoms with Crippen molar-refractivity contribution in [2.24, 2.45) is 0 Å². The van der Waals surface area contributed by atoms with Crippen molar-refractivity contribution >= 4 is 20.3 Å². The zero-order chi connectivity index (χ0) is 20.2. The Kier molecular flexibility index (Phi) is 6.57. The van der Waals surface area contributed by atoms with E-state index in [1.165, 1.54) is 4.90 Å². The number of amides is 2. The fraction of sp³-hybridized carbons (Fsp3) is 0.600. The number of carboxylic acid groups (broad SMARTS) is 1. The molecule has 6 nitrogen and oxygen atoms in total. The summed E-state index contributed by atoms with van der Waals surface area (Å²) in [5.74, 6) is 0.506. The van der Waals surface area contributed by atoms with Gasteiger partial charge in [0.25, 0.3) is 5.91 Å². The summed E-state index contributed by atoms with van der Waals surface area (Å²) >= 11 is 0. The van der Waals surface area contributed by atoms with Crippen LogP contribution in [0.1, 0.15) is 56.8 Å². The van der Waals surface area contributed by atoms with Crippen molar-refractivity contribution in [1.29, 1.82) is 0 Å². The van der Waals surface area contributed by atoms with Gasteiger partial charge < -0.3 is 14.8 Å². The largest absolute Gasteiger partial charge is 0.544 e. The molecule has 1 aromatic carbocycles. The molecule has 1 saturated heterocycles. The van der Waals surface area contributed by atoms with Crippen LogP contribution in [0.2, 0.25) is 18.1 Å². The molecule has 1 unspecified atom stereocenters. The van der Waals surface area contributed by atoms with E-state index in [-0.39, 0.29) is 10.9 Å². The van der Waals surface area contributed by atoms with Crippen LogP contribution in [0.5, 0.6) is 5.75 Å². The molecule has 2 rings (SSSR count). The maximum absolute atomic E-state index is 12.6. The number of hydrogen-bond acceptors (Lipinski definition) is 3. The lowest BCUT2D eigenvalue weighted by Crippen LogP contribution is -2.50. The highest BCUT2D eigenvalue weighted by atomic mass is 28.4. The van der Waals surface area contributed by atoms with Gasteiger partial charge in [-0.15, -0.1) is 0 Å². The van der Waals surface area contributed by atoms with Crippen LogP contribution in [0.3, 0.4) is 0 Å². The van der Waals surface area contributed by atoms with Crippen LogP contribution in [0.25, 0.3) is 0 Å². The molecular weight excluding hydrogens is 360 g/mol. The first-order chi connectivity index (χ1) is 12.5. The van der Waals surface area contributed by atoms with Gasteiger partial charge in [0.15, 0.2) is 0 Å². The molecule has 1 aliphatic heterocycles. The molecule has 0 aromatic heterocycles. The second-order valence-electron chi connectivity index (χ2n) is 8.70. The van der Waals surface area contributed by atoms with E-state index in [9.17, 15) is 14.7 Å². The predicted octanol–water partition coefficient (Wildman–Crippen LogP) is 4.68. The summed E-state index contributed by atoms with van der Waals surface area (Å²) in [4.78, 5) is 25.4. The van der Waals surface area contributed by atoms with E-state index in [1.54, 1.807) is 12.1 Å². The molecule has 0 spiro atoms. The van der Waals surface area contributed by atoms with Gasteiger partial charge in [0, 0.05) is 12.1 Å². The number of rotatable bonds is 4. The van der Waals surface area contributed by atoms with E-state index >= 15 is 0 Å². The summed E-state index contributed by atoms with van der Waals surface area (Å²) in [7, 11) is -1.93. The van der Waals surface area contributed by atoms with Gasteiger partial charge in [0.1, 0.15) is 11.9 Å². The highest BCUT2D eigenvalue weighted by Gasteiger charge is 2.39. The molecule has 1 heterocycles. The second-order valence-corrected chi connectivity index (χ2v) is 13.4. The van der Waals surface area contributed by atoms with E-state index in [1.807, 2.05) is 12.1 Å². The SMILES string of the molecule is CC(C)(C)[Si](C)(C)Oc1ccc(C(=O)NC2CCCCCN2C(=O)O)cc1. The van der Waals surface area contributed by atoms with Crippen molar-refractivity contribution in [2.45, 2.75) is 70.8 Å². The molecule has 0 bridgehead atoms. The molecule has 150 valence electrons. The maximum atomic E-state index is 12.6. The summed E-state index contributed by atoms with van der Waals surface area (Å²) in [5.41, 5.74) is 0.507. The van der Waals surface area contributed by atoms with E-state index in [0.717, 1.165) is 25.0 Å². The Hall–Kier alpha value is -2.02. The highest BCUT2D eigenvalue weighted by Crippen LogP contribution is 2.37. The van der Waals surface area contributed by atoms with Gasteiger partial charge in [-0.1, -0.05) is 27.2 Å². The zero-order valence-corrected chi connectivity index (χ0v) is 18.0. The number of nitrogens with zero attached hydrogens (tertiary/aromatic N) is 1. The Balaban J connectivity index is 2.05. The normalized spacial score (nSPS) is 18.6. The molecule has 1 aliphatic rings. The third kappa shape index (κ3) is 5.48. The molecule has 1 atom stereocenters. The first-order valence-corrected chi connectivity index (χ1v) is 12.5. The van der Waals surface area contributed by atoms with Gasteiger partial charge in [0.05, 0.1) is 0 Å². The minimum absolute atomic E-state index is 0.100. The molecule has 27 heavy (non-hydrogen) atoms. The molecule has 0 radical (unpaired) electrons. The molecule has 2 amide bonds. The van der Waals surface area contributed by atoms with Crippen LogP contribution >= 0.6 is 0 Å². The predicted molar refractivity (Wildman–Crippen MR) is 109 cm³/mol. The number of hydrogen-bond donors (Lipinski definition) is 2. The summed E-state index contributed by atoms with van der Waals surface area (Å²) in [5, 5.41) is 12.4. The van der Waals surface area contributed by atoms with Gasteiger partial charge in [0.2, 0.25) is 8.32 Å². The Labute approximate surface area is 163 Å². The Morgan fingerprint density at radius 3 is 2.33 bits per heavy atom. The van der Waals surface area contributed by atoms with E-state index < -0.39 is 20.6 Å². The van der Waals surface area contributed by atoms with E-state index in [2.05, 4.69) is 39.2 Å². The lowest BCUT2D eigenvalue weighted by atomic mass is 10.1. The van der Waals surface area contributed by atoms with Crippen molar-refractivity contribution in [3.8, 4) is 5.75 Å². The fourth-order valence-corrected chi connectivity index (χ4v) is 3.88. The van der Waals surface area contributed by atoms with E-state index in [4.69, 9.17) is 4.43 Å². The molecule has 1 fully saturated rings. The summed E-state index contributed by atoms with van der Waals surface area (Å²) in [6.45, 7) is 11.4. The monoisotopic (exact) mass is 392 g/mol. The highest BCUT2D eigenvalue weighted by molar-refractivity contribution is 6.74. The summed E-state index contributed by atoms with van der Waals surface area (Å²) < 4.78 is 6.24. The minimum atomic E-state index is -1.93. The number of likely N-dealkylation sites (tertiary alicyclic amines) is 1. The van der Waals surface area contributed by atoms with Gasteiger partial charge in [-0.3, -0.25) is 9.69 Å². The lowest BCUT2D eigenvalue weighted by molar-refractivity contribution is 0.0829. The van der Waals surface area contributed by atoms with Crippen molar-refractivity contribution < 1.29 is 19.1 Å². The van der Waals surface area contributed by atoms with E-state index in [0.29, 0.717) is 18.5 Å². The maximum Gasteiger partial charge on any atom is 0.408 e. The van der Waals surface area contributed by atoms with Gasteiger partial charge in [-0.25, -0.2) is 4.79 Å². The number of benzene rings is 1. The van der Waals surface area contributed by atoms with Crippen molar-refractivity contribution in [3.63, 3.8) is 0 Å². The topological polar surface area (TPSA) is 78.9 Å². The average molecular weight is 393 g/mol. The summed E-state index contributed by atoms with van der Waals surface area (Å²) in [6, 6.07) is 7.11. The Morgan fingerprint density at radius 2 is 1.78 bits per heavy atom. The van der Waals surface area contributed by atoms with Crippen molar-refractivity contribution in [2.75, 3.05) is 6.54 Å². The quantitative estimate of drug-likeness (QED) is 0.729. The summed E-state index contributed by atoms with van der Waals surface area (Å²) in [6.07, 6.45) is 1.91. The molecule has 2 N–H and O–H groups in total. The smallest absolute Gasteiger partial charge is 0.408 e. The number of carbonyl (C=O) groups excluding carboxylic acids is 1. The first-order valence-electron chi connectivity index (χ1n) is 9.61. The molecule has 7 heteroatoms. The van der Waals surface area contributed by atoms with Crippen LogP contribution in [-0.4, -0.2) is 43.0 Å². The van der Waals surface area contributed by atoms with Gasteiger partial charge >= 0.3 is 6.09 Å². The van der Waals surface area contributed by atoms with Gasteiger partial charge in [-0.2, -0.15) is 0 Å². The van der Waals surface area contributed by atoms with Gasteiger partial charge in [-0.05, 0) is 61.7 Å². The average Bonchev–Trinajstić information content (AvgIpc) is 2.79. The number of carbonyl (C=O) groups is 2. The molecule has 1 aromatic rings. The first kappa shape index (κ1) is 21.3. The number of nitrogens with one attached hydrogen (secondary N) is 1. The van der Waals surface area contributed by atoms with Crippen LogP contribution in [0.4, 0.5) is 4.79 Å². The third-order valence-electron chi connectivity index (χ3n) is 5.59. The van der Waals surface area contributed by atoms with Crippen LogP contribution < -0.4 is 9.74 Å². The molecule has 0 aliphatic carbocycles. The van der Waals surface area contributed by atoms with Crippen molar-refractivity contribution in [1.82, 2.24) is 10.2 Å².